The van der Waals surface area contributed by atoms with Gasteiger partial charge in [-0.3, -0.25) is 9.59 Å². The van der Waals surface area contributed by atoms with Crippen LogP contribution >= 0.6 is 0 Å². The molecule has 4 rings (SSSR count). The van der Waals surface area contributed by atoms with E-state index in [1.807, 2.05) is 0 Å². The second kappa shape index (κ2) is 12.4. The molecule has 2 N–H and O–H groups in total. The van der Waals surface area contributed by atoms with Gasteiger partial charge in [0.05, 0.1) is 29.9 Å². The fourth-order valence-corrected chi connectivity index (χ4v) is 4.19. The van der Waals surface area contributed by atoms with Crippen LogP contribution in [0.5, 0.6) is 11.5 Å². The molecule has 0 fully saturated rings. The minimum atomic E-state index is -5.19. The zero-order valence-corrected chi connectivity index (χ0v) is 22.2. The molecule has 1 unspecified atom stereocenters. The molecule has 0 aliphatic rings. The van der Waals surface area contributed by atoms with Crippen molar-refractivity contribution in [1.82, 2.24) is 15.1 Å². The first-order valence-corrected chi connectivity index (χ1v) is 12.4. The summed E-state index contributed by atoms with van der Waals surface area (Å²) in [4.78, 5) is 24.6. The number of benzene rings is 3. The summed E-state index contributed by atoms with van der Waals surface area (Å²) >= 11 is 0. The van der Waals surface area contributed by atoms with Gasteiger partial charge in [-0.25, -0.2) is 4.68 Å². The minimum absolute atomic E-state index is 0.174. The molecular weight excluding hydrogens is 629 g/mol. The molecule has 0 radical (unpaired) electrons. The van der Waals surface area contributed by atoms with E-state index < -0.39 is 66.0 Å². The van der Waals surface area contributed by atoms with E-state index in [-0.39, 0.29) is 15.9 Å². The van der Waals surface area contributed by atoms with Crippen LogP contribution in [0.2, 0.25) is 0 Å². The Labute approximate surface area is 246 Å². The monoisotopic (exact) mass is 647 g/mol. The lowest BCUT2D eigenvalue weighted by Gasteiger charge is -2.19. The summed E-state index contributed by atoms with van der Waals surface area (Å²) in [5, 5.41) is 15.2. The predicted octanol–water partition coefficient (Wildman–Crippen LogP) is 7.30. The van der Waals surface area contributed by atoms with E-state index in [0.29, 0.717) is 17.3 Å². The van der Waals surface area contributed by atoms with Gasteiger partial charge in [-0.15, -0.1) is 26.3 Å². The van der Waals surface area contributed by atoms with Crippen molar-refractivity contribution in [2.75, 3.05) is 0 Å². The van der Waals surface area contributed by atoms with E-state index in [0.717, 1.165) is 36.4 Å². The molecule has 0 aliphatic carbocycles. The summed E-state index contributed by atoms with van der Waals surface area (Å²) in [6.07, 6.45) is -15.3. The number of carbonyl (C=O) groups excluding carboxylic acids is 1. The van der Waals surface area contributed by atoms with E-state index in [1.165, 1.54) is 36.4 Å². The Bertz CT molecular complexity index is 1650. The van der Waals surface area contributed by atoms with E-state index >= 15 is 0 Å². The average Bonchev–Trinajstić information content (AvgIpc) is 3.38. The molecule has 45 heavy (non-hydrogen) atoms. The summed E-state index contributed by atoms with van der Waals surface area (Å²) in [6, 6.07) is 12.4. The number of aliphatic carboxylic acids is 1. The number of rotatable bonds is 9. The molecular formula is C28H18F9N3O5. The third kappa shape index (κ3) is 8.67. The van der Waals surface area contributed by atoms with Crippen molar-refractivity contribution in [3.63, 3.8) is 0 Å². The third-order valence-electron chi connectivity index (χ3n) is 6.02. The molecule has 1 atom stereocenters. The molecule has 0 aliphatic heterocycles. The molecule has 4 aromatic rings. The number of carbonyl (C=O) groups is 2. The number of hydrogen-bond acceptors (Lipinski definition) is 5. The molecule has 3 aromatic carbocycles. The smallest absolute Gasteiger partial charge is 0.481 e. The van der Waals surface area contributed by atoms with Gasteiger partial charge in [0.1, 0.15) is 11.5 Å². The van der Waals surface area contributed by atoms with Crippen LogP contribution in [0.25, 0.3) is 16.8 Å². The number of amides is 1. The highest BCUT2D eigenvalue weighted by Crippen LogP contribution is 2.35. The van der Waals surface area contributed by atoms with Crippen molar-refractivity contribution in [1.29, 1.82) is 0 Å². The standard InChI is InChI=1S/C28H18F9N3O5/c29-26(30,31)24-21(14-38-40(24)18-7-11-20(12-8-18)45-28(35,36)37)25(43)39-22(13-23(41)42)17-3-1-15(2-4-17)16-5-9-19(10-6-16)44-27(32,33)34/h1-12,14,22H,13H2,(H,39,43)(H,41,42). The van der Waals surface area contributed by atoms with Crippen molar-refractivity contribution in [3.8, 4) is 28.3 Å². The highest BCUT2D eigenvalue weighted by molar-refractivity contribution is 5.96. The minimum Gasteiger partial charge on any atom is -0.481 e. The number of nitrogens with zero attached hydrogens (tertiary/aromatic N) is 2. The van der Waals surface area contributed by atoms with Crippen molar-refractivity contribution in [3.05, 3.63) is 95.8 Å². The fraction of sp³-hybridized carbons (Fsp3) is 0.179. The first-order valence-electron chi connectivity index (χ1n) is 12.4. The highest BCUT2D eigenvalue weighted by Gasteiger charge is 2.41. The van der Waals surface area contributed by atoms with Gasteiger partial charge in [0, 0.05) is 0 Å². The van der Waals surface area contributed by atoms with E-state index in [4.69, 9.17) is 0 Å². The lowest BCUT2D eigenvalue weighted by molar-refractivity contribution is -0.275. The van der Waals surface area contributed by atoms with Gasteiger partial charge in [0.15, 0.2) is 5.69 Å². The number of carboxylic acids is 1. The van der Waals surface area contributed by atoms with Crippen molar-refractivity contribution >= 4 is 11.9 Å². The van der Waals surface area contributed by atoms with Gasteiger partial charge < -0.3 is 19.9 Å². The zero-order chi connectivity index (χ0) is 33.2. The first kappa shape index (κ1) is 32.7. The lowest BCUT2D eigenvalue weighted by Crippen LogP contribution is -2.31. The van der Waals surface area contributed by atoms with E-state index in [9.17, 15) is 54.2 Å². The molecule has 0 spiro atoms. The average molecular weight is 647 g/mol. The van der Waals surface area contributed by atoms with Gasteiger partial charge >= 0.3 is 24.9 Å². The lowest BCUT2D eigenvalue weighted by atomic mass is 9.98. The predicted molar refractivity (Wildman–Crippen MR) is 136 cm³/mol. The second-order valence-electron chi connectivity index (χ2n) is 9.18. The van der Waals surface area contributed by atoms with Gasteiger partial charge in [0.2, 0.25) is 0 Å². The summed E-state index contributed by atoms with van der Waals surface area (Å²) in [6.45, 7) is 0. The summed E-state index contributed by atoms with van der Waals surface area (Å²) in [5.41, 5.74) is -1.82. The van der Waals surface area contributed by atoms with Crippen LogP contribution in [-0.4, -0.2) is 39.5 Å². The SMILES string of the molecule is O=C(O)CC(NC(=O)c1cnn(-c2ccc(OC(F)(F)F)cc2)c1C(F)(F)F)c1ccc(-c2ccc(OC(F)(F)F)cc2)cc1. The van der Waals surface area contributed by atoms with Crippen molar-refractivity contribution < 1.29 is 63.7 Å². The largest absolute Gasteiger partial charge is 0.573 e. The van der Waals surface area contributed by atoms with Crippen molar-refractivity contribution in [2.45, 2.75) is 31.4 Å². The Kier molecular flexibility index (Phi) is 9.02. The Hall–Kier alpha value is -5.22. The van der Waals surface area contributed by atoms with Gasteiger partial charge in [-0.1, -0.05) is 36.4 Å². The number of ether oxygens (including phenoxy) is 2. The molecule has 0 bridgehead atoms. The molecule has 1 aromatic heterocycles. The summed E-state index contributed by atoms with van der Waals surface area (Å²) < 4.78 is 125. The quantitative estimate of drug-likeness (QED) is 0.185. The van der Waals surface area contributed by atoms with Gasteiger partial charge in [-0.2, -0.15) is 18.3 Å². The number of halogens is 9. The zero-order valence-electron chi connectivity index (χ0n) is 22.2. The number of carboxylic acid groups (broad SMARTS) is 1. The fourth-order valence-electron chi connectivity index (χ4n) is 4.19. The maximum Gasteiger partial charge on any atom is 0.573 e. The molecule has 0 saturated heterocycles. The molecule has 1 amide bonds. The number of hydrogen-bond donors (Lipinski definition) is 2. The number of aromatic nitrogens is 2. The van der Waals surface area contributed by atoms with Crippen LogP contribution in [-0.2, 0) is 11.0 Å². The maximum absolute atomic E-state index is 14.1. The Morgan fingerprint density at radius 2 is 1.22 bits per heavy atom. The van der Waals surface area contributed by atoms with Crippen LogP contribution < -0.4 is 14.8 Å². The van der Waals surface area contributed by atoms with Crippen molar-refractivity contribution in [2.24, 2.45) is 0 Å². The molecule has 8 nitrogen and oxygen atoms in total. The Balaban J connectivity index is 1.58. The van der Waals surface area contributed by atoms with E-state index in [1.54, 1.807) is 0 Å². The summed E-state index contributed by atoms with van der Waals surface area (Å²) in [7, 11) is 0. The Morgan fingerprint density at radius 3 is 1.67 bits per heavy atom. The highest BCUT2D eigenvalue weighted by atomic mass is 19.4. The maximum atomic E-state index is 14.1. The third-order valence-corrected chi connectivity index (χ3v) is 6.02. The van der Waals surface area contributed by atoms with Crippen LogP contribution in [0.15, 0.2) is 79.0 Å². The van der Waals surface area contributed by atoms with Gasteiger partial charge in [-0.05, 0) is 53.1 Å². The van der Waals surface area contributed by atoms with Crippen LogP contribution in [0.3, 0.4) is 0 Å². The molecule has 238 valence electrons. The topological polar surface area (TPSA) is 103 Å². The summed E-state index contributed by atoms with van der Waals surface area (Å²) in [5.74, 6) is -3.92. The molecule has 17 heteroatoms. The molecule has 1 heterocycles. The first-order chi connectivity index (χ1) is 20.9. The van der Waals surface area contributed by atoms with Crippen LogP contribution in [0, 0.1) is 0 Å². The molecule has 0 saturated carbocycles. The normalized spacial score (nSPS) is 12.8. The van der Waals surface area contributed by atoms with Crippen LogP contribution in [0.4, 0.5) is 39.5 Å². The van der Waals surface area contributed by atoms with Gasteiger partial charge in [0.25, 0.3) is 5.91 Å². The van der Waals surface area contributed by atoms with E-state index in [2.05, 4.69) is 19.9 Å². The number of nitrogens with one attached hydrogen (secondary N) is 1. The van der Waals surface area contributed by atoms with Crippen LogP contribution in [0.1, 0.15) is 34.1 Å². The Morgan fingerprint density at radius 1 is 0.756 bits per heavy atom. The number of alkyl halides is 9. The second-order valence-corrected chi connectivity index (χ2v) is 9.18.